The number of hydrogen-bond donors (Lipinski definition) is 1. The zero-order valence-electron chi connectivity index (χ0n) is 9.03. The van der Waals surface area contributed by atoms with Gasteiger partial charge in [-0.15, -0.1) is 0 Å². The summed E-state index contributed by atoms with van der Waals surface area (Å²) in [4.78, 5) is 10.6. The molecule has 1 atom stereocenters. The number of benzene rings is 1. The molecule has 0 amide bonds. The first-order chi connectivity index (χ1) is 7.99. The predicted molar refractivity (Wildman–Crippen MR) is 56.6 cm³/mol. The van der Waals surface area contributed by atoms with Crippen molar-refractivity contribution in [2.75, 3.05) is 6.61 Å². The highest BCUT2D eigenvalue weighted by Crippen LogP contribution is 2.50. The summed E-state index contributed by atoms with van der Waals surface area (Å²) in [6.45, 7) is 0.229. The summed E-state index contributed by atoms with van der Waals surface area (Å²) in [6, 6.07) is 5.88. The van der Waals surface area contributed by atoms with E-state index in [1.807, 2.05) is 0 Å². The van der Waals surface area contributed by atoms with E-state index in [1.165, 1.54) is 24.3 Å². The third kappa shape index (κ3) is 2.93. The van der Waals surface area contributed by atoms with E-state index in [2.05, 4.69) is 0 Å². The van der Waals surface area contributed by atoms with Crippen molar-refractivity contribution in [3.63, 3.8) is 0 Å². The zero-order valence-corrected chi connectivity index (χ0v) is 9.03. The molecule has 3 nitrogen and oxygen atoms in total. The molecule has 1 N–H and O–H groups in total. The van der Waals surface area contributed by atoms with Crippen molar-refractivity contribution in [3.8, 4) is 5.75 Å². The minimum atomic E-state index is -2.50. The molecule has 1 fully saturated rings. The standard InChI is InChI=1S/C12H12F2O3/c13-12(14)7-9(12)5-6-17-10-3-1-8(2-4-10)11(15)16/h1-4,9H,5-7H2,(H,15,16). The van der Waals surface area contributed by atoms with Gasteiger partial charge in [0.05, 0.1) is 12.2 Å². The molecule has 2 rings (SSSR count). The van der Waals surface area contributed by atoms with Crippen molar-refractivity contribution in [1.82, 2.24) is 0 Å². The first kappa shape index (κ1) is 11.8. The van der Waals surface area contributed by atoms with Gasteiger partial charge in [0.1, 0.15) is 5.75 Å². The Hall–Kier alpha value is -1.65. The van der Waals surface area contributed by atoms with Crippen LogP contribution in [0.15, 0.2) is 24.3 Å². The van der Waals surface area contributed by atoms with E-state index in [0.29, 0.717) is 12.2 Å². The van der Waals surface area contributed by atoms with Crippen molar-refractivity contribution in [2.24, 2.45) is 5.92 Å². The van der Waals surface area contributed by atoms with Crippen LogP contribution in [0.3, 0.4) is 0 Å². The molecule has 1 aromatic rings. The number of aromatic carboxylic acids is 1. The van der Waals surface area contributed by atoms with Crippen LogP contribution in [0.5, 0.6) is 5.75 Å². The van der Waals surface area contributed by atoms with Crippen molar-refractivity contribution < 1.29 is 23.4 Å². The summed E-state index contributed by atoms with van der Waals surface area (Å²) < 4.78 is 30.3. The molecule has 1 aliphatic carbocycles. The van der Waals surface area contributed by atoms with Crippen molar-refractivity contribution >= 4 is 5.97 Å². The molecule has 1 saturated carbocycles. The van der Waals surface area contributed by atoms with Gasteiger partial charge in [0.25, 0.3) is 5.92 Å². The van der Waals surface area contributed by atoms with Crippen LogP contribution in [0.4, 0.5) is 8.78 Å². The maximum atomic E-state index is 12.5. The molecule has 5 heteroatoms. The number of ether oxygens (including phenoxy) is 1. The molecule has 0 saturated heterocycles. The fraction of sp³-hybridized carbons (Fsp3) is 0.417. The largest absolute Gasteiger partial charge is 0.494 e. The summed E-state index contributed by atoms with van der Waals surface area (Å²) in [5.74, 6) is -3.56. The monoisotopic (exact) mass is 242 g/mol. The Balaban J connectivity index is 1.78. The van der Waals surface area contributed by atoms with Gasteiger partial charge in [-0.1, -0.05) is 0 Å². The van der Waals surface area contributed by atoms with Gasteiger partial charge in [-0.05, 0) is 30.7 Å². The Bertz CT molecular complexity index is 414. The molecule has 1 aromatic carbocycles. The summed E-state index contributed by atoms with van der Waals surface area (Å²) in [7, 11) is 0. The van der Waals surface area contributed by atoms with Gasteiger partial charge in [0.15, 0.2) is 0 Å². The third-order valence-corrected chi connectivity index (χ3v) is 2.79. The molecule has 0 heterocycles. The smallest absolute Gasteiger partial charge is 0.335 e. The Morgan fingerprint density at radius 3 is 2.47 bits per heavy atom. The van der Waals surface area contributed by atoms with Gasteiger partial charge in [-0.2, -0.15) is 0 Å². The second kappa shape index (κ2) is 4.31. The highest BCUT2D eigenvalue weighted by molar-refractivity contribution is 5.87. The lowest BCUT2D eigenvalue weighted by Crippen LogP contribution is -2.03. The molecule has 92 valence electrons. The molecule has 17 heavy (non-hydrogen) atoms. The van der Waals surface area contributed by atoms with Crippen LogP contribution in [0.1, 0.15) is 23.2 Å². The number of carboxylic acids is 1. The average Bonchev–Trinajstić information content (AvgIpc) is 2.87. The minimum Gasteiger partial charge on any atom is -0.494 e. The van der Waals surface area contributed by atoms with E-state index in [0.717, 1.165) is 0 Å². The summed E-state index contributed by atoms with van der Waals surface area (Å²) >= 11 is 0. The van der Waals surface area contributed by atoms with Crippen LogP contribution in [-0.2, 0) is 0 Å². The number of carboxylic acid groups (broad SMARTS) is 1. The van der Waals surface area contributed by atoms with E-state index in [4.69, 9.17) is 9.84 Å². The molecule has 0 radical (unpaired) electrons. The Morgan fingerprint density at radius 2 is 2.00 bits per heavy atom. The van der Waals surface area contributed by atoms with Gasteiger partial charge >= 0.3 is 5.97 Å². The molecule has 0 bridgehead atoms. The highest BCUT2D eigenvalue weighted by Gasteiger charge is 2.56. The predicted octanol–water partition coefficient (Wildman–Crippen LogP) is 2.81. The topological polar surface area (TPSA) is 46.5 Å². The molecular formula is C12H12F2O3. The summed E-state index contributed by atoms with van der Waals surface area (Å²) in [6.07, 6.45) is 0.280. The zero-order chi connectivity index (χ0) is 12.5. The van der Waals surface area contributed by atoms with Gasteiger partial charge in [-0.25, -0.2) is 13.6 Å². The normalized spacial score (nSPS) is 20.9. The highest BCUT2D eigenvalue weighted by atomic mass is 19.3. The first-order valence-corrected chi connectivity index (χ1v) is 5.33. The number of rotatable bonds is 5. The van der Waals surface area contributed by atoms with Crippen LogP contribution >= 0.6 is 0 Å². The van der Waals surface area contributed by atoms with Crippen LogP contribution in [-0.4, -0.2) is 23.6 Å². The molecule has 0 aliphatic heterocycles. The van der Waals surface area contributed by atoms with E-state index >= 15 is 0 Å². The summed E-state index contributed by atoms with van der Waals surface area (Å²) in [5.41, 5.74) is 0.172. The van der Waals surface area contributed by atoms with E-state index < -0.39 is 17.8 Å². The van der Waals surface area contributed by atoms with E-state index in [1.54, 1.807) is 0 Å². The average molecular weight is 242 g/mol. The fourth-order valence-electron chi connectivity index (χ4n) is 1.60. The number of carbonyl (C=O) groups is 1. The van der Waals surface area contributed by atoms with Crippen LogP contribution in [0.25, 0.3) is 0 Å². The molecule has 1 aliphatic rings. The van der Waals surface area contributed by atoms with Crippen LogP contribution in [0.2, 0.25) is 0 Å². The maximum Gasteiger partial charge on any atom is 0.335 e. The fourth-order valence-corrected chi connectivity index (χ4v) is 1.60. The van der Waals surface area contributed by atoms with Crippen molar-refractivity contribution in [1.29, 1.82) is 0 Å². The second-order valence-electron chi connectivity index (χ2n) is 4.13. The number of alkyl halides is 2. The third-order valence-electron chi connectivity index (χ3n) is 2.79. The van der Waals surface area contributed by atoms with Crippen molar-refractivity contribution in [3.05, 3.63) is 29.8 Å². The molecule has 0 spiro atoms. The van der Waals surface area contributed by atoms with Crippen LogP contribution in [0, 0.1) is 5.92 Å². The quantitative estimate of drug-likeness (QED) is 0.863. The van der Waals surface area contributed by atoms with Crippen LogP contribution < -0.4 is 4.74 Å². The molecule has 1 unspecified atom stereocenters. The Labute approximate surface area is 97.0 Å². The molecule has 0 aromatic heterocycles. The van der Waals surface area contributed by atoms with Gasteiger partial charge in [-0.3, -0.25) is 0 Å². The maximum absolute atomic E-state index is 12.5. The second-order valence-corrected chi connectivity index (χ2v) is 4.13. The van der Waals surface area contributed by atoms with Gasteiger partial charge in [0, 0.05) is 12.3 Å². The lowest BCUT2D eigenvalue weighted by atomic mass is 10.2. The summed E-state index contributed by atoms with van der Waals surface area (Å²) in [5, 5.41) is 8.67. The SMILES string of the molecule is O=C(O)c1ccc(OCCC2CC2(F)F)cc1. The number of hydrogen-bond acceptors (Lipinski definition) is 2. The van der Waals surface area contributed by atoms with Gasteiger partial charge in [0.2, 0.25) is 0 Å². The minimum absolute atomic E-state index is 0.0473. The van der Waals surface area contributed by atoms with Gasteiger partial charge < -0.3 is 9.84 Å². The Kier molecular flexibility index (Phi) is 3.00. The van der Waals surface area contributed by atoms with Crippen molar-refractivity contribution in [2.45, 2.75) is 18.8 Å². The number of halogens is 2. The van der Waals surface area contributed by atoms with E-state index in [9.17, 15) is 13.6 Å². The lowest BCUT2D eigenvalue weighted by molar-refractivity contribution is 0.0696. The lowest BCUT2D eigenvalue weighted by Gasteiger charge is -2.05. The first-order valence-electron chi connectivity index (χ1n) is 5.33. The Morgan fingerprint density at radius 1 is 1.41 bits per heavy atom. The molecular weight excluding hydrogens is 230 g/mol. The van der Waals surface area contributed by atoms with E-state index in [-0.39, 0.29) is 18.6 Å².